The smallest absolute Gasteiger partial charge is 0.221 e. The van der Waals surface area contributed by atoms with Crippen molar-refractivity contribution in [2.24, 2.45) is 0 Å². The number of hydrogen-bond acceptors (Lipinski definition) is 7. The highest BCUT2D eigenvalue weighted by molar-refractivity contribution is 8.14. The van der Waals surface area contributed by atoms with Crippen LogP contribution in [0, 0.1) is 0 Å². The Morgan fingerprint density at radius 1 is 1.29 bits per heavy atom. The molecule has 0 unspecified atom stereocenters. The molecule has 0 spiro atoms. The third-order valence-corrected chi connectivity index (χ3v) is 5.44. The fourth-order valence-electron chi connectivity index (χ4n) is 0.597. The first kappa shape index (κ1) is 11.8. The van der Waals surface area contributed by atoms with Gasteiger partial charge in [-0.05, 0) is 11.5 Å². The Bertz CT molecular complexity index is 491. The molecule has 0 aliphatic heterocycles. The minimum Gasteiger partial charge on any atom is -0.221 e. The SMILES string of the molecule is O=S(=O)(Cl)CCS(=O)(=O)c1ncns1. The zero-order valence-electron chi connectivity index (χ0n) is 6.62. The van der Waals surface area contributed by atoms with Crippen molar-refractivity contribution in [3.63, 3.8) is 0 Å². The minimum atomic E-state index is -3.80. The van der Waals surface area contributed by atoms with E-state index in [0.29, 0.717) is 11.5 Å². The van der Waals surface area contributed by atoms with Crippen LogP contribution in [-0.2, 0) is 18.9 Å². The van der Waals surface area contributed by atoms with Gasteiger partial charge in [-0.1, -0.05) is 0 Å². The van der Waals surface area contributed by atoms with Crippen LogP contribution in [0.3, 0.4) is 0 Å². The van der Waals surface area contributed by atoms with Crippen molar-refractivity contribution in [1.29, 1.82) is 0 Å². The molecule has 0 fully saturated rings. The molecule has 0 aliphatic rings. The zero-order chi connectivity index (χ0) is 10.8. The summed E-state index contributed by atoms with van der Waals surface area (Å²) in [5.74, 6) is -1.20. The maximum absolute atomic E-state index is 11.3. The van der Waals surface area contributed by atoms with Crippen LogP contribution in [-0.4, -0.2) is 37.7 Å². The number of halogens is 1. The van der Waals surface area contributed by atoms with Crippen molar-refractivity contribution in [2.75, 3.05) is 11.5 Å². The average molecular weight is 277 g/mol. The standard InChI is InChI=1S/C4H5ClN2O4S3/c5-14(10,11)2-1-13(8,9)4-6-3-7-12-4/h3H,1-2H2. The van der Waals surface area contributed by atoms with Crippen molar-refractivity contribution in [2.45, 2.75) is 4.34 Å². The Labute approximate surface area is 89.4 Å². The largest absolute Gasteiger partial charge is 0.233 e. The molecule has 0 atom stereocenters. The molecule has 0 radical (unpaired) electrons. The monoisotopic (exact) mass is 276 g/mol. The molecule has 14 heavy (non-hydrogen) atoms. The number of sulfone groups is 1. The van der Waals surface area contributed by atoms with E-state index in [4.69, 9.17) is 10.7 Å². The highest BCUT2D eigenvalue weighted by atomic mass is 35.7. The first-order valence-corrected chi connectivity index (χ1v) is 8.13. The summed E-state index contributed by atoms with van der Waals surface area (Å²) in [6.45, 7) is 0. The van der Waals surface area contributed by atoms with E-state index in [9.17, 15) is 16.8 Å². The van der Waals surface area contributed by atoms with Gasteiger partial charge in [-0.25, -0.2) is 21.8 Å². The van der Waals surface area contributed by atoms with Crippen molar-refractivity contribution >= 4 is 41.1 Å². The fourth-order valence-corrected chi connectivity index (χ4v) is 4.33. The van der Waals surface area contributed by atoms with Crippen LogP contribution < -0.4 is 0 Å². The van der Waals surface area contributed by atoms with Gasteiger partial charge in [0.2, 0.25) is 23.2 Å². The van der Waals surface area contributed by atoms with Crippen LogP contribution in [0.4, 0.5) is 0 Å². The highest BCUT2D eigenvalue weighted by Crippen LogP contribution is 2.12. The Hall–Kier alpha value is -0.250. The fraction of sp³-hybridized carbons (Fsp3) is 0.500. The number of hydrogen-bond donors (Lipinski definition) is 0. The molecule has 0 saturated heterocycles. The number of rotatable bonds is 4. The van der Waals surface area contributed by atoms with Gasteiger partial charge in [0.05, 0.1) is 11.5 Å². The van der Waals surface area contributed by atoms with Crippen molar-refractivity contribution in [3.8, 4) is 0 Å². The van der Waals surface area contributed by atoms with Gasteiger partial charge in [0, 0.05) is 10.7 Å². The molecule has 1 aromatic heterocycles. The van der Waals surface area contributed by atoms with Crippen LogP contribution in [0.5, 0.6) is 0 Å². The summed E-state index contributed by atoms with van der Waals surface area (Å²) in [4.78, 5) is 3.47. The predicted molar refractivity (Wildman–Crippen MR) is 51.6 cm³/mol. The second-order valence-corrected chi connectivity index (χ2v) is 8.23. The lowest BCUT2D eigenvalue weighted by Gasteiger charge is -1.96. The van der Waals surface area contributed by atoms with Crippen LogP contribution in [0.15, 0.2) is 10.7 Å². The lowest BCUT2D eigenvalue weighted by Crippen LogP contribution is -2.13. The van der Waals surface area contributed by atoms with E-state index < -0.39 is 30.4 Å². The average Bonchev–Trinajstić information content (AvgIpc) is 2.52. The Kier molecular flexibility index (Phi) is 3.45. The summed E-state index contributed by atoms with van der Waals surface area (Å²) in [6, 6.07) is 0. The predicted octanol–water partition coefficient (Wildman–Crippen LogP) is -0.120. The molecular formula is C4H5ClN2O4S3. The highest BCUT2D eigenvalue weighted by Gasteiger charge is 2.21. The first-order valence-electron chi connectivity index (χ1n) is 3.23. The van der Waals surface area contributed by atoms with E-state index >= 15 is 0 Å². The molecule has 10 heteroatoms. The quantitative estimate of drug-likeness (QED) is 0.712. The molecule has 0 aliphatic carbocycles. The molecular weight excluding hydrogens is 272 g/mol. The molecule has 1 rings (SSSR count). The molecule has 6 nitrogen and oxygen atoms in total. The summed E-state index contributed by atoms with van der Waals surface area (Å²) >= 11 is 0.693. The molecule has 0 aromatic carbocycles. The summed E-state index contributed by atoms with van der Waals surface area (Å²) < 4.78 is 47.0. The molecule has 0 N–H and O–H groups in total. The van der Waals surface area contributed by atoms with Gasteiger partial charge in [-0.15, -0.1) is 0 Å². The van der Waals surface area contributed by atoms with E-state index in [-0.39, 0.29) is 4.34 Å². The molecule has 0 amide bonds. The van der Waals surface area contributed by atoms with E-state index in [1.165, 1.54) is 0 Å². The summed E-state index contributed by atoms with van der Waals surface area (Å²) in [7, 11) is -2.59. The van der Waals surface area contributed by atoms with E-state index in [1.54, 1.807) is 0 Å². The third kappa shape index (κ3) is 3.48. The maximum Gasteiger partial charge on any atom is 0.233 e. The van der Waals surface area contributed by atoms with Crippen LogP contribution in [0.25, 0.3) is 0 Å². The van der Waals surface area contributed by atoms with Gasteiger partial charge in [0.15, 0.2) is 0 Å². The van der Waals surface area contributed by atoms with Crippen LogP contribution in [0.2, 0.25) is 0 Å². The summed E-state index contributed by atoms with van der Waals surface area (Å²) in [5, 5.41) is 0. The van der Waals surface area contributed by atoms with E-state index in [1.807, 2.05) is 0 Å². The second kappa shape index (κ2) is 4.09. The zero-order valence-corrected chi connectivity index (χ0v) is 9.83. The Morgan fingerprint density at radius 3 is 2.36 bits per heavy atom. The minimum absolute atomic E-state index is 0.196. The number of aromatic nitrogens is 2. The number of nitrogens with zero attached hydrogens (tertiary/aromatic N) is 2. The topological polar surface area (TPSA) is 94.1 Å². The Morgan fingerprint density at radius 2 is 1.93 bits per heavy atom. The van der Waals surface area contributed by atoms with Gasteiger partial charge in [0.25, 0.3) is 0 Å². The van der Waals surface area contributed by atoms with E-state index in [2.05, 4.69) is 9.36 Å². The van der Waals surface area contributed by atoms with E-state index in [0.717, 1.165) is 6.33 Å². The van der Waals surface area contributed by atoms with Crippen molar-refractivity contribution < 1.29 is 16.8 Å². The lowest BCUT2D eigenvalue weighted by molar-refractivity contribution is 0.592. The van der Waals surface area contributed by atoms with Crippen molar-refractivity contribution in [3.05, 3.63) is 6.33 Å². The summed E-state index contributed by atoms with van der Waals surface area (Å²) in [6.07, 6.45) is 1.09. The van der Waals surface area contributed by atoms with Gasteiger partial charge in [0.1, 0.15) is 6.33 Å². The molecule has 1 aromatic rings. The molecule has 0 bridgehead atoms. The first-order chi connectivity index (χ1) is 6.31. The summed E-state index contributed by atoms with van der Waals surface area (Å²) in [5.41, 5.74) is 0. The van der Waals surface area contributed by atoms with Gasteiger partial charge < -0.3 is 0 Å². The van der Waals surface area contributed by atoms with Gasteiger partial charge in [-0.2, -0.15) is 4.37 Å². The second-order valence-electron chi connectivity index (χ2n) is 2.27. The van der Waals surface area contributed by atoms with Crippen LogP contribution in [0.1, 0.15) is 0 Å². The van der Waals surface area contributed by atoms with Gasteiger partial charge in [-0.3, -0.25) is 0 Å². The maximum atomic E-state index is 11.3. The lowest BCUT2D eigenvalue weighted by atomic mass is 11.0. The molecule has 0 saturated carbocycles. The molecule has 1 heterocycles. The normalized spacial score (nSPS) is 12.9. The molecule has 80 valence electrons. The Balaban J connectivity index is 2.80. The van der Waals surface area contributed by atoms with Crippen molar-refractivity contribution in [1.82, 2.24) is 9.36 Å². The van der Waals surface area contributed by atoms with Gasteiger partial charge >= 0.3 is 0 Å². The van der Waals surface area contributed by atoms with Crippen LogP contribution >= 0.6 is 22.2 Å². The third-order valence-electron chi connectivity index (χ3n) is 1.20.